The predicted octanol–water partition coefficient (Wildman–Crippen LogP) is 2.90. The lowest BCUT2D eigenvalue weighted by atomic mass is 10.1. The van der Waals surface area contributed by atoms with Crippen molar-refractivity contribution < 1.29 is 30.7 Å². The molecule has 0 radical (unpaired) electrons. The molecule has 0 nitrogen and oxygen atoms in total. The highest BCUT2D eigenvalue weighted by Gasteiger charge is 2.41. The molecule has 0 atom stereocenters. The molecule has 86 valence electrons. The molecule has 0 heterocycles. The van der Waals surface area contributed by atoms with Crippen molar-refractivity contribution in [2.75, 3.05) is 0 Å². The molecule has 0 aliphatic rings. The van der Waals surface area contributed by atoms with E-state index in [1.165, 1.54) is 0 Å². The van der Waals surface area contributed by atoms with Gasteiger partial charge < -0.3 is 0 Å². The Morgan fingerprint density at radius 2 is 1.19 bits per heavy atom. The zero-order valence-corrected chi connectivity index (χ0v) is 10.2. The molecule has 0 bridgehead atoms. The fourth-order valence-corrected chi connectivity index (χ4v) is 3.07. The third-order valence-electron chi connectivity index (χ3n) is 1.77. The Bertz CT molecular complexity index is 399. The second-order valence-electron chi connectivity index (χ2n) is 2.74. The van der Waals surface area contributed by atoms with Crippen LogP contribution in [-0.4, -0.2) is 18.2 Å². The number of halogens is 8. The molecule has 0 aliphatic heterocycles. The van der Waals surface area contributed by atoms with E-state index in [4.69, 9.17) is 0 Å². The lowest BCUT2D eigenvalue weighted by Crippen LogP contribution is -2.27. The lowest BCUT2D eigenvalue weighted by Gasteiger charge is -2.13. The zero-order chi connectivity index (χ0) is 12.7. The number of hydrogen-bond acceptors (Lipinski definition) is 0. The van der Waals surface area contributed by atoms with Crippen molar-refractivity contribution >= 4 is 34.8 Å². The van der Waals surface area contributed by atoms with Crippen LogP contribution in [0.25, 0.3) is 0 Å². The summed E-state index contributed by atoms with van der Waals surface area (Å²) in [5.41, 5.74) is -2.54. The van der Waals surface area contributed by atoms with Gasteiger partial charge in [-0.2, -0.15) is 13.2 Å². The maximum Gasteiger partial charge on any atom is 0.516 e. The maximum atomic E-state index is 13.0. The Morgan fingerprint density at radius 3 is 1.44 bits per heavy atom. The molecule has 0 saturated heterocycles. The third-order valence-corrected chi connectivity index (χ3v) is 4.34. The molecule has 0 amide bonds. The van der Waals surface area contributed by atoms with E-state index in [2.05, 4.69) is 12.9 Å². The summed E-state index contributed by atoms with van der Waals surface area (Å²) in [4.78, 5) is 0. The first-order chi connectivity index (χ1) is 7.21. The van der Waals surface area contributed by atoms with Crippen molar-refractivity contribution in [3.05, 3.63) is 28.8 Å². The standard InChI is InChI=1S/C7F7.BrH.Mg/c8-2-1-3(9)6(11)4(5(2)10)7(12,13)14;;/h;1H;/q;;+1/p-1. The maximum absolute atomic E-state index is 13.0. The molecule has 0 fully saturated rings. The molecule has 0 spiro atoms. The van der Waals surface area contributed by atoms with Crippen LogP contribution < -0.4 is 3.69 Å². The Hall–Kier alpha value is -0.0238. The lowest BCUT2D eigenvalue weighted by molar-refractivity contribution is -0.143. The quantitative estimate of drug-likeness (QED) is 0.424. The topological polar surface area (TPSA) is 0 Å². The van der Waals surface area contributed by atoms with Gasteiger partial charge in [0.25, 0.3) is 0 Å². The SMILES string of the molecule is Fc1c(F)c(C(F)(F)F)c(F)c(F)[c]1[Mg][Br]. The molecule has 0 unspecified atom stereocenters. The highest BCUT2D eigenvalue weighted by Crippen LogP contribution is 2.34. The molecule has 1 rings (SSSR count). The van der Waals surface area contributed by atoms with Gasteiger partial charge in [0.1, 0.15) is 17.2 Å². The molecule has 0 saturated carbocycles. The molecule has 16 heavy (non-hydrogen) atoms. The van der Waals surface area contributed by atoms with E-state index in [1.54, 1.807) is 0 Å². The largest absolute Gasteiger partial charge is 0.516 e. The minimum atomic E-state index is -5.48. The average Bonchev–Trinajstić information content (AvgIpc) is 2.14. The number of benzene rings is 1. The molecule has 0 N–H and O–H groups in total. The fourth-order valence-electron chi connectivity index (χ4n) is 1.04. The summed E-state index contributed by atoms with van der Waals surface area (Å²) >= 11 is 0.793. The highest BCUT2D eigenvalue weighted by molar-refractivity contribution is 9.23. The molecule has 9 heteroatoms. The van der Waals surface area contributed by atoms with Gasteiger partial charge in [-0.15, -0.1) is 0 Å². The molecule has 1 aromatic carbocycles. The van der Waals surface area contributed by atoms with Crippen molar-refractivity contribution in [2.45, 2.75) is 6.18 Å². The van der Waals surface area contributed by atoms with E-state index in [1.807, 2.05) is 0 Å². The van der Waals surface area contributed by atoms with Gasteiger partial charge in [-0.1, -0.05) is 3.69 Å². The fraction of sp³-hybridized carbons (Fsp3) is 0.143. The molecule has 0 aromatic heterocycles. The van der Waals surface area contributed by atoms with E-state index in [-0.39, 0.29) is 0 Å². The molecular formula is C7BrF7Mg. The van der Waals surface area contributed by atoms with Crippen molar-refractivity contribution in [1.29, 1.82) is 0 Å². The van der Waals surface area contributed by atoms with Gasteiger partial charge in [-0.05, 0) is 0 Å². The van der Waals surface area contributed by atoms with Crippen LogP contribution in [0, 0.1) is 23.3 Å². The number of rotatable bonds is 1. The Balaban J connectivity index is 3.67. The summed E-state index contributed by atoms with van der Waals surface area (Å²) in [5.74, 6) is -8.80. The van der Waals surface area contributed by atoms with E-state index < -0.39 is 56.9 Å². The van der Waals surface area contributed by atoms with Crippen LogP contribution in [0.2, 0.25) is 0 Å². The molecular weight excluding hydrogens is 321 g/mol. The first kappa shape index (κ1) is 14.0. The van der Waals surface area contributed by atoms with Crippen molar-refractivity contribution in [3.63, 3.8) is 0 Å². The van der Waals surface area contributed by atoms with Crippen LogP contribution in [0.3, 0.4) is 0 Å². The monoisotopic (exact) mass is 320 g/mol. The van der Waals surface area contributed by atoms with E-state index >= 15 is 0 Å². The zero-order valence-electron chi connectivity index (χ0n) is 7.23. The van der Waals surface area contributed by atoms with Crippen molar-refractivity contribution in [1.82, 2.24) is 0 Å². The van der Waals surface area contributed by atoms with Crippen LogP contribution in [-0.2, 0) is 6.18 Å². The summed E-state index contributed by atoms with van der Waals surface area (Å²) < 4.78 is 87.0. The minimum absolute atomic E-state index is 0.983. The van der Waals surface area contributed by atoms with Crippen LogP contribution in [0.4, 0.5) is 30.7 Å². The number of alkyl halides is 3. The summed E-state index contributed by atoms with van der Waals surface area (Å²) in [6, 6.07) is 0. The van der Waals surface area contributed by atoms with E-state index in [0.29, 0.717) is 0 Å². The number of hydrogen-bond donors (Lipinski definition) is 0. The second-order valence-corrected chi connectivity index (χ2v) is 5.40. The highest BCUT2D eigenvalue weighted by atomic mass is 79.9. The van der Waals surface area contributed by atoms with Crippen molar-refractivity contribution in [3.8, 4) is 0 Å². The summed E-state index contributed by atoms with van der Waals surface area (Å²) in [6.07, 6.45) is -5.48. The van der Waals surface area contributed by atoms with Crippen LogP contribution >= 0.6 is 12.9 Å². The normalized spacial score (nSPS) is 11.5. The average molecular weight is 321 g/mol. The van der Waals surface area contributed by atoms with Gasteiger partial charge >= 0.3 is 24.4 Å². The van der Waals surface area contributed by atoms with Crippen LogP contribution in [0.5, 0.6) is 0 Å². The Labute approximate surface area is 100 Å². The first-order valence-corrected chi connectivity index (χ1v) is 8.30. The second kappa shape index (κ2) is 4.69. The van der Waals surface area contributed by atoms with Gasteiger partial charge in [0.2, 0.25) is 0 Å². The minimum Gasteiger partial charge on any atom is -0.296 e. The summed E-state index contributed by atoms with van der Waals surface area (Å²) in [5, 5.41) is 0. The van der Waals surface area contributed by atoms with Gasteiger partial charge in [0, 0.05) is 0 Å². The summed E-state index contributed by atoms with van der Waals surface area (Å²) in [6.45, 7) is 0. The van der Waals surface area contributed by atoms with Gasteiger partial charge in [-0.25, -0.2) is 17.6 Å². The van der Waals surface area contributed by atoms with Crippen LogP contribution in [0.1, 0.15) is 5.56 Å². The van der Waals surface area contributed by atoms with Gasteiger partial charge in [0.05, 0.1) is 0 Å². The van der Waals surface area contributed by atoms with Crippen LogP contribution in [0.15, 0.2) is 0 Å². The Kier molecular flexibility index (Phi) is 4.11. The van der Waals surface area contributed by atoms with Gasteiger partial charge in [-0.3, -0.25) is 12.9 Å². The molecule has 1 aromatic rings. The predicted molar refractivity (Wildman–Crippen MR) is 45.6 cm³/mol. The Morgan fingerprint density at radius 1 is 0.812 bits per heavy atom. The van der Waals surface area contributed by atoms with E-state index in [9.17, 15) is 30.7 Å². The smallest absolute Gasteiger partial charge is 0.296 e. The van der Waals surface area contributed by atoms with E-state index in [0.717, 1.165) is 0 Å². The summed E-state index contributed by atoms with van der Waals surface area (Å²) in [7, 11) is 0. The first-order valence-electron chi connectivity index (χ1n) is 3.69. The third kappa shape index (κ3) is 2.30. The van der Waals surface area contributed by atoms with Crippen molar-refractivity contribution in [2.24, 2.45) is 0 Å². The molecule has 0 aliphatic carbocycles. The van der Waals surface area contributed by atoms with Gasteiger partial charge in [0.15, 0.2) is 11.6 Å².